The molecule has 0 saturated heterocycles. The molecule has 84 valence electrons. The highest BCUT2D eigenvalue weighted by molar-refractivity contribution is 5.31. The first-order valence-electron chi connectivity index (χ1n) is 5.59. The molecule has 0 heterocycles. The minimum atomic E-state index is 0.494. The van der Waals surface area contributed by atoms with Gasteiger partial charge in [-0.3, -0.25) is 0 Å². The number of nitrogens with zero attached hydrogens (tertiary/aromatic N) is 1. The van der Waals surface area contributed by atoms with E-state index in [4.69, 9.17) is 5.26 Å². The molecule has 0 radical (unpaired) electrons. The molecule has 1 unspecified atom stereocenters. The van der Waals surface area contributed by atoms with E-state index in [-0.39, 0.29) is 0 Å². The van der Waals surface area contributed by atoms with Gasteiger partial charge in [0, 0.05) is 12.6 Å². The monoisotopic (exact) mass is 214 g/mol. The van der Waals surface area contributed by atoms with Gasteiger partial charge in [0.25, 0.3) is 0 Å². The van der Waals surface area contributed by atoms with Crippen molar-refractivity contribution in [3.63, 3.8) is 0 Å². The predicted octanol–water partition coefficient (Wildman–Crippen LogP) is 3.00. The number of benzene rings is 1. The summed E-state index contributed by atoms with van der Waals surface area (Å²) in [7, 11) is 0. The van der Waals surface area contributed by atoms with Crippen LogP contribution in [0.25, 0.3) is 0 Å². The summed E-state index contributed by atoms with van der Waals surface area (Å²) in [6, 6.07) is 10.3. The van der Waals surface area contributed by atoms with Gasteiger partial charge in [-0.1, -0.05) is 18.2 Å². The minimum absolute atomic E-state index is 0.494. The molecule has 0 amide bonds. The SMILES string of the molecule is C=CCCC(C)NCc1ccc(C#N)cc1. The van der Waals surface area contributed by atoms with Gasteiger partial charge in [-0.05, 0) is 37.5 Å². The average Bonchev–Trinajstić information content (AvgIpc) is 2.34. The summed E-state index contributed by atoms with van der Waals surface area (Å²) in [4.78, 5) is 0. The number of allylic oxidation sites excluding steroid dienone is 1. The van der Waals surface area contributed by atoms with E-state index < -0.39 is 0 Å². The van der Waals surface area contributed by atoms with Gasteiger partial charge in [0.15, 0.2) is 0 Å². The van der Waals surface area contributed by atoms with Gasteiger partial charge in [-0.25, -0.2) is 0 Å². The Hall–Kier alpha value is -1.59. The lowest BCUT2D eigenvalue weighted by Gasteiger charge is -2.12. The first-order valence-corrected chi connectivity index (χ1v) is 5.59. The number of rotatable bonds is 6. The van der Waals surface area contributed by atoms with Crippen LogP contribution >= 0.6 is 0 Å². The Labute approximate surface area is 97.6 Å². The van der Waals surface area contributed by atoms with Crippen LogP contribution in [0.4, 0.5) is 0 Å². The summed E-state index contributed by atoms with van der Waals surface area (Å²) in [5.74, 6) is 0. The van der Waals surface area contributed by atoms with Crippen LogP contribution in [0, 0.1) is 11.3 Å². The fourth-order valence-electron chi connectivity index (χ4n) is 1.46. The molecule has 1 atom stereocenters. The number of nitrogens with one attached hydrogen (secondary N) is 1. The minimum Gasteiger partial charge on any atom is -0.310 e. The molecule has 0 aromatic heterocycles. The highest BCUT2D eigenvalue weighted by atomic mass is 14.9. The molecule has 0 aliphatic carbocycles. The van der Waals surface area contributed by atoms with E-state index in [1.807, 2.05) is 30.3 Å². The Bertz CT molecular complexity index is 359. The first-order chi connectivity index (χ1) is 7.76. The van der Waals surface area contributed by atoms with Crippen LogP contribution in [0.5, 0.6) is 0 Å². The summed E-state index contributed by atoms with van der Waals surface area (Å²) in [5, 5.41) is 12.1. The fraction of sp³-hybridized carbons (Fsp3) is 0.357. The quantitative estimate of drug-likeness (QED) is 0.739. The third-order valence-corrected chi connectivity index (χ3v) is 2.54. The van der Waals surface area contributed by atoms with Gasteiger partial charge in [-0.15, -0.1) is 6.58 Å². The number of hydrogen-bond donors (Lipinski definition) is 1. The lowest BCUT2D eigenvalue weighted by Crippen LogP contribution is -2.25. The van der Waals surface area contributed by atoms with E-state index in [1.165, 1.54) is 5.56 Å². The van der Waals surface area contributed by atoms with Gasteiger partial charge in [0.1, 0.15) is 0 Å². The maximum Gasteiger partial charge on any atom is 0.0991 e. The lowest BCUT2D eigenvalue weighted by molar-refractivity contribution is 0.518. The van der Waals surface area contributed by atoms with Crippen molar-refractivity contribution < 1.29 is 0 Å². The van der Waals surface area contributed by atoms with Crippen LogP contribution in [0.1, 0.15) is 30.9 Å². The van der Waals surface area contributed by atoms with Crippen molar-refractivity contribution in [3.8, 4) is 6.07 Å². The van der Waals surface area contributed by atoms with E-state index in [2.05, 4.69) is 24.9 Å². The van der Waals surface area contributed by atoms with Crippen molar-refractivity contribution in [2.45, 2.75) is 32.4 Å². The second-order valence-electron chi connectivity index (χ2n) is 3.96. The van der Waals surface area contributed by atoms with E-state index in [0.717, 1.165) is 19.4 Å². The zero-order chi connectivity index (χ0) is 11.8. The maximum atomic E-state index is 8.67. The standard InChI is InChI=1S/C14H18N2/c1-3-4-5-12(2)16-11-14-8-6-13(10-15)7-9-14/h3,6-9,12,16H,1,4-5,11H2,2H3. The molecule has 0 fully saturated rings. The maximum absolute atomic E-state index is 8.67. The molecule has 0 bridgehead atoms. The normalized spacial score (nSPS) is 11.8. The predicted molar refractivity (Wildman–Crippen MR) is 66.9 cm³/mol. The lowest BCUT2D eigenvalue weighted by atomic mass is 10.1. The highest BCUT2D eigenvalue weighted by Crippen LogP contribution is 2.04. The molecular weight excluding hydrogens is 196 g/mol. The molecule has 1 aromatic carbocycles. The van der Waals surface area contributed by atoms with E-state index in [0.29, 0.717) is 11.6 Å². The van der Waals surface area contributed by atoms with E-state index >= 15 is 0 Å². The molecule has 0 saturated carbocycles. The van der Waals surface area contributed by atoms with Crippen molar-refractivity contribution in [3.05, 3.63) is 48.0 Å². The molecule has 0 aliphatic heterocycles. The van der Waals surface area contributed by atoms with Gasteiger partial charge < -0.3 is 5.32 Å². The fourth-order valence-corrected chi connectivity index (χ4v) is 1.46. The summed E-state index contributed by atoms with van der Waals surface area (Å²) in [6.45, 7) is 6.74. The third kappa shape index (κ3) is 4.29. The molecule has 0 aliphatic rings. The highest BCUT2D eigenvalue weighted by Gasteiger charge is 2.00. The van der Waals surface area contributed by atoms with Crippen molar-refractivity contribution in [2.24, 2.45) is 0 Å². The van der Waals surface area contributed by atoms with Crippen molar-refractivity contribution in [1.82, 2.24) is 5.32 Å². The first kappa shape index (κ1) is 12.5. The summed E-state index contributed by atoms with van der Waals surface area (Å²) >= 11 is 0. The van der Waals surface area contributed by atoms with Crippen LogP contribution < -0.4 is 5.32 Å². The van der Waals surface area contributed by atoms with Crippen molar-refractivity contribution >= 4 is 0 Å². The third-order valence-electron chi connectivity index (χ3n) is 2.54. The topological polar surface area (TPSA) is 35.8 Å². The Balaban J connectivity index is 2.36. The zero-order valence-electron chi connectivity index (χ0n) is 9.74. The van der Waals surface area contributed by atoms with Crippen LogP contribution in [0.2, 0.25) is 0 Å². The van der Waals surface area contributed by atoms with Crippen LogP contribution in [0.15, 0.2) is 36.9 Å². The van der Waals surface area contributed by atoms with E-state index in [9.17, 15) is 0 Å². The zero-order valence-corrected chi connectivity index (χ0v) is 9.74. The second-order valence-corrected chi connectivity index (χ2v) is 3.96. The molecule has 1 aromatic rings. The Kier molecular flexibility index (Phi) is 5.31. The van der Waals surface area contributed by atoms with Gasteiger partial charge in [0.2, 0.25) is 0 Å². The molecule has 16 heavy (non-hydrogen) atoms. The summed E-state index contributed by atoms with van der Waals surface area (Å²) in [6.07, 6.45) is 4.10. The summed E-state index contributed by atoms with van der Waals surface area (Å²) in [5.41, 5.74) is 1.92. The largest absolute Gasteiger partial charge is 0.310 e. The molecule has 1 N–H and O–H groups in total. The Morgan fingerprint density at radius 2 is 2.12 bits per heavy atom. The van der Waals surface area contributed by atoms with Crippen LogP contribution in [0.3, 0.4) is 0 Å². The summed E-state index contributed by atoms with van der Waals surface area (Å²) < 4.78 is 0. The molecular formula is C14H18N2. The average molecular weight is 214 g/mol. The van der Waals surface area contributed by atoms with Crippen LogP contribution in [-0.4, -0.2) is 6.04 Å². The number of hydrogen-bond acceptors (Lipinski definition) is 2. The Morgan fingerprint density at radius 3 is 2.69 bits per heavy atom. The molecule has 2 heteroatoms. The molecule has 2 nitrogen and oxygen atoms in total. The van der Waals surface area contributed by atoms with Crippen LogP contribution in [-0.2, 0) is 6.54 Å². The molecule has 1 rings (SSSR count). The smallest absolute Gasteiger partial charge is 0.0991 e. The van der Waals surface area contributed by atoms with Gasteiger partial charge in [0.05, 0.1) is 11.6 Å². The van der Waals surface area contributed by atoms with Crippen molar-refractivity contribution in [2.75, 3.05) is 0 Å². The Morgan fingerprint density at radius 1 is 1.44 bits per heavy atom. The van der Waals surface area contributed by atoms with Gasteiger partial charge in [-0.2, -0.15) is 5.26 Å². The van der Waals surface area contributed by atoms with Gasteiger partial charge >= 0.3 is 0 Å². The molecule has 0 spiro atoms. The van der Waals surface area contributed by atoms with E-state index in [1.54, 1.807) is 0 Å². The van der Waals surface area contributed by atoms with Crippen molar-refractivity contribution in [1.29, 1.82) is 5.26 Å². The second kappa shape index (κ2) is 6.81. The number of nitriles is 1.